The highest BCUT2D eigenvalue weighted by Gasteiger charge is 2.39. The maximum absolute atomic E-state index is 5.78. The highest BCUT2D eigenvalue weighted by molar-refractivity contribution is 6.55. The predicted molar refractivity (Wildman–Crippen MR) is 45.1 cm³/mol. The molecule has 0 heterocycles. The summed E-state index contributed by atoms with van der Waals surface area (Å²) in [5.74, 6) is 0.132. The molecular weight excluding hydrogens is 202 g/mol. The fourth-order valence-electron chi connectivity index (χ4n) is 0.159. The minimum Gasteiger partial charge on any atom is -0.123 e. The average Bonchev–Trinajstić information content (AvgIpc) is 1.64. The van der Waals surface area contributed by atoms with E-state index in [1.165, 1.54) is 0 Å². The lowest BCUT2D eigenvalue weighted by Gasteiger charge is -2.29. The van der Waals surface area contributed by atoms with Gasteiger partial charge >= 0.3 is 0 Å². The lowest BCUT2D eigenvalue weighted by molar-refractivity contribution is 0.635. The van der Waals surface area contributed by atoms with Gasteiger partial charge in [0, 0.05) is 0 Å². The largest absolute Gasteiger partial charge is 0.150 e. The minimum atomic E-state index is -1.05. The van der Waals surface area contributed by atoms with Crippen LogP contribution in [0.25, 0.3) is 0 Å². The van der Waals surface area contributed by atoms with Crippen molar-refractivity contribution in [3.05, 3.63) is 0 Å². The molecule has 0 rings (SSSR count). The van der Waals surface area contributed by atoms with Crippen LogP contribution in [0.3, 0.4) is 0 Å². The van der Waals surface area contributed by atoms with Crippen molar-refractivity contribution in [2.75, 3.05) is 5.88 Å². The van der Waals surface area contributed by atoms with E-state index >= 15 is 0 Å². The minimum absolute atomic E-state index is 0.132. The van der Waals surface area contributed by atoms with Crippen molar-refractivity contribution in [3.63, 3.8) is 0 Å². The van der Waals surface area contributed by atoms with Gasteiger partial charge in [0.15, 0.2) is 0 Å². The first-order valence-electron chi connectivity index (χ1n) is 2.44. The highest BCUT2D eigenvalue weighted by atomic mass is 35.5. The second-order valence-corrected chi connectivity index (χ2v) is 5.01. The number of halogens is 4. The molecule has 4 heteroatoms. The summed E-state index contributed by atoms with van der Waals surface area (Å²) in [4.78, 5) is -0.683. The lowest BCUT2D eigenvalue weighted by Crippen LogP contribution is -2.37. The van der Waals surface area contributed by atoms with Crippen molar-refractivity contribution >= 4 is 46.4 Å². The third kappa shape index (κ3) is 2.71. The van der Waals surface area contributed by atoms with Crippen LogP contribution < -0.4 is 0 Å². The van der Waals surface area contributed by atoms with Gasteiger partial charge in [-0.2, -0.15) is 0 Å². The molecule has 9 heavy (non-hydrogen) atoms. The molecule has 56 valence electrons. The molecule has 0 aromatic carbocycles. The van der Waals surface area contributed by atoms with Gasteiger partial charge in [0.05, 0.1) is 10.8 Å². The Kier molecular flexibility index (Phi) is 3.43. The van der Waals surface area contributed by atoms with Gasteiger partial charge in [-0.1, -0.05) is 23.2 Å². The first kappa shape index (κ1) is 10.2. The summed E-state index contributed by atoms with van der Waals surface area (Å²) in [5, 5.41) is 0. The average molecular weight is 210 g/mol. The van der Waals surface area contributed by atoms with E-state index in [4.69, 9.17) is 46.4 Å². The standard InChI is InChI=1S/C5H8Cl4/c1-4(2,7)5(8,9)3-6/h3H2,1-2H3. The Morgan fingerprint density at radius 3 is 1.44 bits per heavy atom. The normalized spacial score (nSPS) is 14.0. The van der Waals surface area contributed by atoms with Crippen LogP contribution in [0.1, 0.15) is 13.8 Å². The van der Waals surface area contributed by atoms with Gasteiger partial charge in [0.1, 0.15) is 4.33 Å². The molecule has 0 aliphatic heterocycles. The maximum atomic E-state index is 5.78. The topological polar surface area (TPSA) is 0 Å². The van der Waals surface area contributed by atoms with Gasteiger partial charge in [-0.15, -0.1) is 23.2 Å². The van der Waals surface area contributed by atoms with Gasteiger partial charge in [0.25, 0.3) is 0 Å². The Balaban J connectivity index is 4.14. The Hall–Kier alpha value is 1.16. The zero-order chi connectivity index (χ0) is 7.71. The predicted octanol–water partition coefficient (Wildman–Crippen LogP) is 3.42. The van der Waals surface area contributed by atoms with Crippen LogP contribution in [-0.2, 0) is 0 Å². The SMILES string of the molecule is CC(C)(Cl)C(Cl)(Cl)CCl. The van der Waals surface area contributed by atoms with Gasteiger partial charge in [-0.05, 0) is 13.8 Å². The molecule has 0 unspecified atom stereocenters. The summed E-state index contributed by atoms with van der Waals surface area (Å²) >= 11 is 22.6. The van der Waals surface area contributed by atoms with Gasteiger partial charge < -0.3 is 0 Å². The quantitative estimate of drug-likeness (QED) is 0.612. The van der Waals surface area contributed by atoms with E-state index in [-0.39, 0.29) is 5.88 Å². The van der Waals surface area contributed by atoms with Crippen LogP contribution >= 0.6 is 46.4 Å². The number of rotatable bonds is 2. The molecule has 0 nitrogen and oxygen atoms in total. The summed E-state index contributed by atoms with van der Waals surface area (Å²) in [6.45, 7) is 3.44. The fraction of sp³-hybridized carbons (Fsp3) is 1.00. The van der Waals surface area contributed by atoms with Crippen molar-refractivity contribution in [3.8, 4) is 0 Å². The molecule has 0 saturated carbocycles. The van der Waals surface area contributed by atoms with Crippen molar-refractivity contribution in [1.82, 2.24) is 0 Å². The molecule has 0 radical (unpaired) electrons. The van der Waals surface area contributed by atoms with E-state index in [9.17, 15) is 0 Å². The van der Waals surface area contributed by atoms with Crippen LogP contribution in [0.4, 0.5) is 0 Å². The lowest BCUT2D eigenvalue weighted by atomic mass is 10.1. The third-order valence-electron chi connectivity index (χ3n) is 1.04. The van der Waals surface area contributed by atoms with Gasteiger partial charge in [-0.25, -0.2) is 0 Å². The maximum Gasteiger partial charge on any atom is 0.150 e. The molecule has 0 spiro atoms. The van der Waals surface area contributed by atoms with Gasteiger partial charge in [0.2, 0.25) is 0 Å². The highest BCUT2D eigenvalue weighted by Crippen LogP contribution is 2.39. The fourth-order valence-corrected chi connectivity index (χ4v) is 0.628. The Morgan fingerprint density at radius 1 is 1.11 bits per heavy atom. The van der Waals surface area contributed by atoms with Crippen LogP contribution in [0.15, 0.2) is 0 Å². The molecule has 0 bridgehead atoms. The zero-order valence-corrected chi connectivity index (χ0v) is 8.24. The van der Waals surface area contributed by atoms with E-state index in [2.05, 4.69) is 0 Å². The molecule has 0 aliphatic rings. The monoisotopic (exact) mass is 208 g/mol. The van der Waals surface area contributed by atoms with E-state index in [0.29, 0.717) is 0 Å². The van der Waals surface area contributed by atoms with Crippen LogP contribution in [0.2, 0.25) is 0 Å². The van der Waals surface area contributed by atoms with Gasteiger partial charge in [-0.3, -0.25) is 0 Å². The first-order valence-corrected chi connectivity index (χ1v) is 4.11. The zero-order valence-electron chi connectivity index (χ0n) is 5.22. The molecule has 0 aromatic heterocycles. The van der Waals surface area contributed by atoms with Crippen LogP contribution in [-0.4, -0.2) is 15.1 Å². The second-order valence-electron chi connectivity index (χ2n) is 2.31. The summed E-state index contributed by atoms with van der Waals surface area (Å²) < 4.78 is -1.05. The van der Waals surface area contributed by atoms with Crippen molar-refractivity contribution in [2.45, 2.75) is 23.1 Å². The van der Waals surface area contributed by atoms with Crippen molar-refractivity contribution in [2.24, 2.45) is 0 Å². The Labute approximate surface area is 75.4 Å². The van der Waals surface area contributed by atoms with Crippen LogP contribution in [0.5, 0.6) is 0 Å². The summed E-state index contributed by atoms with van der Waals surface area (Å²) in [6, 6.07) is 0. The molecule has 0 atom stereocenters. The summed E-state index contributed by atoms with van der Waals surface area (Å²) in [6.07, 6.45) is 0. The second kappa shape index (κ2) is 3.04. The Morgan fingerprint density at radius 2 is 1.44 bits per heavy atom. The van der Waals surface area contributed by atoms with Crippen LogP contribution in [0, 0.1) is 0 Å². The van der Waals surface area contributed by atoms with Crippen molar-refractivity contribution in [1.29, 1.82) is 0 Å². The molecular formula is C5H8Cl4. The van der Waals surface area contributed by atoms with Crippen molar-refractivity contribution < 1.29 is 0 Å². The third-order valence-corrected chi connectivity index (χ3v) is 3.44. The molecule has 0 amide bonds. The summed E-state index contributed by atoms with van der Waals surface area (Å²) in [7, 11) is 0. The number of hydrogen-bond acceptors (Lipinski definition) is 0. The molecule has 0 fully saturated rings. The molecule has 0 aromatic rings. The molecule has 0 N–H and O–H groups in total. The molecule has 0 aliphatic carbocycles. The Bertz CT molecular complexity index is 91.6. The van der Waals surface area contributed by atoms with E-state index in [1.54, 1.807) is 13.8 Å². The van der Waals surface area contributed by atoms with E-state index in [0.717, 1.165) is 0 Å². The molecule has 0 saturated heterocycles. The van der Waals surface area contributed by atoms with E-state index in [1.807, 2.05) is 0 Å². The number of alkyl halides is 4. The van der Waals surface area contributed by atoms with E-state index < -0.39 is 9.21 Å². The number of hydrogen-bond donors (Lipinski definition) is 0. The first-order chi connectivity index (χ1) is 3.81. The summed E-state index contributed by atoms with van der Waals surface area (Å²) in [5.41, 5.74) is 0. The smallest absolute Gasteiger partial charge is 0.123 e.